The third kappa shape index (κ3) is 3.28. The Balaban J connectivity index is 1.97. The van der Waals surface area contributed by atoms with Crippen LogP contribution in [0.15, 0.2) is 0 Å². The van der Waals surface area contributed by atoms with Crippen LogP contribution in [-0.2, 0) is 4.79 Å². The van der Waals surface area contributed by atoms with Gasteiger partial charge in [-0.05, 0) is 12.8 Å². The highest BCUT2D eigenvalue weighted by molar-refractivity contribution is 7.99. The lowest BCUT2D eigenvalue weighted by molar-refractivity contribution is -0.137. The Morgan fingerprint density at radius 2 is 2.18 bits per heavy atom. The Morgan fingerprint density at radius 1 is 1.47 bits per heavy atom. The van der Waals surface area contributed by atoms with Gasteiger partial charge >= 0.3 is 12.0 Å². The van der Waals surface area contributed by atoms with E-state index in [0.29, 0.717) is 5.25 Å². The van der Waals surface area contributed by atoms with Crippen molar-refractivity contribution in [3.8, 4) is 0 Å². The number of carboxylic acids is 1. The van der Waals surface area contributed by atoms with Crippen LogP contribution in [0.3, 0.4) is 0 Å². The second kappa shape index (κ2) is 5.16. The van der Waals surface area contributed by atoms with Gasteiger partial charge in [-0.15, -0.1) is 0 Å². The maximum absolute atomic E-state index is 12.2. The Morgan fingerprint density at radius 3 is 2.71 bits per heavy atom. The van der Waals surface area contributed by atoms with Gasteiger partial charge in [0.25, 0.3) is 0 Å². The molecule has 1 heterocycles. The first kappa shape index (κ1) is 12.5. The van der Waals surface area contributed by atoms with Gasteiger partial charge in [-0.3, -0.25) is 4.79 Å². The molecule has 0 aromatic heterocycles. The SMILES string of the molecule is CC1CN(C(=O)N(CC(=O)O)C2CC2)CCS1. The number of hydrogen-bond donors (Lipinski definition) is 1. The molecule has 6 heteroatoms. The molecule has 1 aliphatic carbocycles. The van der Waals surface area contributed by atoms with Crippen LogP contribution in [-0.4, -0.2) is 63.6 Å². The maximum Gasteiger partial charge on any atom is 0.323 e. The third-order valence-electron chi connectivity index (χ3n) is 3.05. The number of carbonyl (C=O) groups is 2. The summed E-state index contributed by atoms with van der Waals surface area (Å²) in [6, 6.07) is 0.0607. The van der Waals surface area contributed by atoms with Crippen LogP contribution in [0, 0.1) is 0 Å². The van der Waals surface area contributed by atoms with E-state index >= 15 is 0 Å². The molecule has 2 fully saturated rings. The Labute approximate surface area is 105 Å². The van der Waals surface area contributed by atoms with E-state index < -0.39 is 5.97 Å². The van der Waals surface area contributed by atoms with Gasteiger partial charge in [0, 0.05) is 30.1 Å². The second-order valence-electron chi connectivity index (χ2n) is 4.66. The Bertz CT molecular complexity index is 320. The van der Waals surface area contributed by atoms with Crippen molar-refractivity contribution in [2.75, 3.05) is 25.4 Å². The fourth-order valence-electron chi connectivity index (χ4n) is 2.06. The van der Waals surface area contributed by atoms with E-state index in [2.05, 4.69) is 6.92 Å². The first-order chi connectivity index (χ1) is 8.08. The largest absolute Gasteiger partial charge is 0.480 e. The predicted octanol–water partition coefficient (Wildman–Crippen LogP) is 1.09. The normalized spacial score (nSPS) is 24.5. The number of hydrogen-bond acceptors (Lipinski definition) is 3. The molecule has 96 valence electrons. The molecule has 2 rings (SSSR count). The first-order valence-electron chi connectivity index (χ1n) is 5.97. The van der Waals surface area contributed by atoms with Gasteiger partial charge in [-0.1, -0.05) is 6.92 Å². The summed E-state index contributed by atoms with van der Waals surface area (Å²) in [5, 5.41) is 9.29. The van der Waals surface area contributed by atoms with E-state index in [0.717, 1.165) is 31.7 Å². The number of thioether (sulfide) groups is 1. The third-order valence-corrected chi connectivity index (χ3v) is 4.19. The number of aliphatic carboxylic acids is 1. The zero-order valence-corrected chi connectivity index (χ0v) is 10.8. The molecule has 2 aliphatic rings. The fraction of sp³-hybridized carbons (Fsp3) is 0.818. The Hall–Kier alpha value is -0.910. The minimum Gasteiger partial charge on any atom is -0.480 e. The first-order valence-corrected chi connectivity index (χ1v) is 7.01. The smallest absolute Gasteiger partial charge is 0.323 e. The molecule has 1 unspecified atom stereocenters. The minimum atomic E-state index is -0.926. The molecule has 1 aliphatic heterocycles. The molecule has 1 N–H and O–H groups in total. The number of amides is 2. The zero-order chi connectivity index (χ0) is 12.4. The monoisotopic (exact) mass is 258 g/mol. The highest BCUT2D eigenvalue weighted by Gasteiger charge is 2.36. The van der Waals surface area contributed by atoms with Crippen LogP contribution in [0.2, 0.25) is 0 Å². The molecule has 0 aromatic carbocycles. The van der Waals surface area contributed by atoms with Crippen molar-refractivity contribution < 1.29 is 14.7 Å². The Kier molecular flexibility index (Phi) is 3.81. The lowest BCUT2D eigenvalue weighted by Gasteiger charge is -2.34. The lowest BCUT2D eigenvalue weighted by atomic mass is 10.4. The summed E-state index contributed by atoms with van der Waals surface area (Å²) in [5.74, 6) is 0.0167. The molecule has 2 amide bonds. The molecule has 0 bridgehead atoms. The summed E-state index contributed by atoms with van der Waals surface area (Å²) in [5.41, 5.74) is 0. The number of carboxylic acid groups (broad SMARTS) is 1. The summed E-state index contributed by atoms with van der Waals surface area (Å²) < 4.78 is 0. The molecular weight excluding hydrogens is 240 g/mol. The van der Waals surface area contributed by atoms with Crippen LogP contribution >= 0.6 is 11.8 Å². The summed E-state index contributed by atoms with van der Waals surface area (Å²) in [7, 11) is 0. The second-order valence-corrected chi connectivity index (χ2v) is 6.21. The van der Waals surface area contributed by atoms with Crippen molar-refractivity contribution in [1.82, 2.24) is 9.80 Å². The van der Waals surface area contributed by atoms with Crippen LogP contribution < -0.4 is 0 Å². The molecule has 0 spiro atoms. The van der Waals surface area contributed by atoms with Gasteiger partial charge in [0.05, 0.1) is 0 Å². The summed E-state index contributed by atoms with van der Waals surface area (Å²) in [4.78, 5) is 26.3. The van der Waals surface area contributed by atoms with E-state index in [-0.39, 0.29) is 18.6 Å². The molecule has 17 heavy (non-hydrogen) atoms. The molecular formula is C11H18N2O3S. The van der Waals surface area contributed by atoms with Gasteiger partial charge in [-0.2, -0.15) is 11.8 Å². The summed E-state index contributed by atoms with van der Waals surface area (Å²) >= 11 is 1.86. The lowest BCUT2D eigenvalue weighted by Crippen LogP contribution is -2.50. The van der Waals surface area contributed by atoms with Crippen LogP contribution in [0.1, 0.15) is 19.8 Å². The molecule has 5 nitrogen and oxygen atoms in total. The molecule has 1 atom stereocenters. The van der Waals surface area contributed by atoms with Crippen molar-refractivity contribution in [3.05, 3.63) is 0 Å². The predicted molar refractivity (Wildman–Crippen MR) is 66.3 cm³/mol. The zero-order valence-electron chi connectivity index (χ0n) is 9.96. The van der Waals surface area contributed by atoms with Crippen LogP contribution in [0.4, 0.5) is 4.79 Å². The summed E-state index contributed by atoms with van der Waals surface area (Å²) in [6.07, 6.45) is 1.88. The van der Waals surface area contributed by atoms with Crippen molar-refractivity contribution in [2.45, 2.75) is 31.1 Å². The standard InChI is InChI=1S/C11H18N2O3S/c1-8-6-12(4-5-17-8)11(16)13(7-10(14)15)9-2-3-9/h8-9H,2-7H2,1H3,(H,14,15). The van der Waals surface area contributed by atoms with Crippen LogP contribution in [0.5, 0.6) is 0 Å². The average molecular weight is 258 g/mol. The van der Waals surface area contributed by atoms with Gasteiger partial charge in [0.15, 0.2) is 0 Å². The maximum atomic E-state index is 12.2. The van der Waals surface area contributed by atoms with Gasteiger partial charge in [0.2, 0.25) is 0 Å². The number of nitrogens with zero attached hydrogens (tertiary/aromatic N) is 2. The highest BCUT2D eigenvalue weighted by atomic mass is 32.2. The van der Waals surface area contributed by atoms with Crippen molar-refractivity contribution in [1.29, 1.82) is 0 Å². The van der Waals surface area contributed by atoms with E-state index in [1.165, 1.54) is 4.90 Å². The minimum absolute atomic E-state index is 0.0953. The van der Waals surface area contributed by atoms with Crippen LogP contribution in [0.25, 0.3) is 0 Å². The quantitative estimate of drug-likeness (QED) is 0.823. The van der Waals surface area contributed by atoms with E-state index in [1.807, 2.05) is 11.8 Å². The van der Waals surface area contributed by atoms with Gasteiger partial charge < -0.3 is 14.9 Å². The number of urea groups is 1. The highest BCUT2D eigenvalue weighted by Crippen LogP contribution is 2.28. The topological polar surface area (TPSA) is 60.9 Å². The molecule has 0 aromatic rings. The van der Waals surface area contributed by atoms with Crippen molar-refractivity contribution in [2.24, 2.45) is 0 Å². The molecule has 1 saturated heterocycles. The van der Waals surface area contributed by atoms with E-state index in [4.69, 9.17) is 5.11 Å². The molecule has 0 radical (unpaired) electrons. The number of carbonyl (C=O) groups excluding carboxylic acids is 1. The van der Waals surface area contributed by atoms with Gasteiger partial charge in [-0.25, -0.2) is 4.79 Å². The summed E-state index contributed by atoms with van der Waals surface area (Å²) in [6.45, 7) is 3.40. The van der Waals surface area contributed by atoms with Gasteiger partial charge in [0.1, 0.15) is 6.54 Å². The van der Waals surface area contributed by atoms with Crippen molar-refractivity contribution in [3.63, 3.8) is 0 Å². The molecule has 1 saturated carbocycles. The van der Waals surface area contributed by atoms with E-state index in [9.17, 15) is 9.59 Å². The number of rotatable bonds is 3. The average Bonchev–Trinajstić information content (AvgIpc) is 3.08. The van der Waals surface area contributed by atoms with Crippen molar-refractivity contribution >= 4 is 23.8 Å². The fourth-order valence-corrected chi connectivity index (χ4v) is 3.07. The van der Waals surface area contributed by atoms with E-state index in [1.54, 1.807) is 4.90 Å².